The maximum Gasteiger partial charge on any atom is 0.136 e. The molecule has 0 amide bonds. The number of aliphatic hydroxyl groups excluding tert-OH is 1. The lowest BCUT2D eigenvalue weighted by Gasteiger charge is -2.07. The van der Waals surface area contributed by atoms with E-state index in [2.05, 4.69) is 0 Å². The quantitative estimate of drug-likeness (QED) is 0.700. The number of ether oxygens (including phenoxy) is 1. The molecule has 0 aliphatic rings. The van der Waals surface area contributed by atoms with Crippen LogP contribution in [-0.4, -0.2) is 17.3 Å². The summed E-state index contributed by atoms with van der Waals surface area (Å²) in [6, 6.07) is 2.17. The minimum absolute atomic E-state index is 0.0512. The summed E-state index contributed by atoms with van der Waals surface area (Å²) >= 11 is 0. The molecule has 0 aromatic heterocycles. The number of phenolic OH excluding ortho intramolecular Hbond substituents is 1. The van der Waals surface area contributed by atoms with E-state index in [0.29, 0.717) is 0 Å². The smallest absolute Gasteiger partial charge is 0.136 e. The van der Waals surface area contributed by atoms with E-state index in [4.69, 9.17) is 14.9 Å². The molecule has 0 aliphatic carbocycles. The van der Waals surface area contributed by atoms with Crippen LogP contribution in [0.4, 0.5) is 4.39 Å². The predicted molar refractivity (Wildman–Crippen MR) is 40.5 cm³/mol. The van der Waals surface area contributed by atoms with Crippen molar-refractivity contribution < 1.29 is 19.3 Å². The highest BCUT2D eigenvalue weighted by molar-refractivity contribution is 5.40. The van der Waals surface area contributed by atoms with E-state index >= 15 is 0 Å². The molecule has 0 unspecified atom stereocenters. The van der Waals surface area contributed by atoms with Crippen LogP contribution in [0.5, 0.6) is 11.5 Å². The van der Waals surface area contributed by atoms with E-state index in [1.54, 1.807) is 0 Å². The molecule has 1 aromatic carbocycles. The first-order valence-electron chi connectivity index (χ1n) is 3.35. The molecule has 0 aliphatic heterocycles. The normalized spacial score (nSPS) is 9.92. The Morgan fingerprint density at radius 1 is 1.50 bits per heavy atom. The van der Waals surface area contributed by atoms with Crippen molar-refractivity contribution >= 4 is 0 Å². The molecule has 0 atom stereocenters. The Hall–Kier alpha value is -1.29. The Bertz CT molecular complexity index is 286. The SMILES string of the molecule is COc1cc(O)cc(F)c1CO. The van der Waals surface area contributed by atoms with Gasteiger partial charge in [-0.15, -0.1) is 0 Å². The molecule has 3 nitrogen and oxygen atoms in total. The number of hydrogen-bond acceptors (Lipinski definition) is 3. The number of halogens is 1. The van der Waals surface area contributed by atoms with Crippen LogP contribution in [-0.2, 0) is 6.61 Å². The van der Waals surface area contributed by atoms with Crippen LogP contribution in [0.1, 0.15) is 5.56 Å². The third-order valence-corrected chi connectivity index (χ3v) is 1.52. The number of hydrogen-bond donors (Lipinski definition) is 2. The molecular formula is C8H9FO3. The van der Waals surface area contributed by atoms with Gasteiger partial charge in [-0.05, 0) is 0 Å². The second-order valence-electron chi connectivity index (χ2n) is 2.27. The molecule has 2 N–H and O–H groups in total. The summed E-state index contributed by atoms with van der Waals surface area (Å²) < 4.78 is 17.6. The van der Waals surface area contributed by atoms with Gasteiger partial charge in [0.1, 0.15) is 17.3 Å². The highest BCUT2D eigenvalue weighted by Gasteiger charge is 2.09. The summed E-state index contributed by atoms with van der Waals surface area (Å²) in [5.41, 5.74) is 0.0512. The summed E-state index contributed by atoms with van der Waals surface area (Å²) in [4.78, 5) is 0. The van der Waals surface area contributed by atoms with Crippen molar-refractivity contribution in [2.45, 2.75) is 6.61 Å². The van der Waals surface area contributed by atoms with Gasteiger partial charge in [-0.2, -0.15) is 0 Å². The Morgan fingerprint density at radius 2 is 2.17 bits per heavy atom. The van der Waals surface area contributed by atoms with Gasteiger partial charge in [0.15, 0.2) is 0 Å². The first kappa shape index (κ1) is 8.80. The maximum absolute atomic E-state index is 12.9. The molecule has 66 valence electrons. The Morgan fingerprint density at radius 3 is 2.67 bits per heavy atom. The van der Waals surface area contributed by atoms with Crippen molar-refractivity contribution in [3.63, 3.8) is 0 Å². The second kappa shape index (κ2) is 3.40. The zero-order chi connectivity index (χ0) is 9.14. The molecule has 1 rings (SSSR count). The molecule has 0 spiro atoms. The van der Waals surface area contributed by atoms with E-state index in [1.807, 2.05) is 0 Å². The van der Waals surface area contributed by atoms with Gasteiger partial charge in [0.05, 0.1) is 19.3 Å². The standard InChI is InChI=1S/C8H9FO3/c1-12-8-3-5(11)2-7(9)6(8)4-10/h2-3,10-11H,4H2,1H3. The van der Waals surface area contributed by atoms with Crippen molar-refractivity contribution in [2.75, 3.05) is 7.11 Å². The van der Waals surface area contributed by atoms with Gasteiger partial charge in [0, 0.05) is 12.1 Å². The van der Waals surface area contributed by atoms with Gasteiger partial charge in [0.2, 0.25) is 0 Å². The Kier molecular flexibility index (Phi) is 2.50. The topological polar surface area (TPSA) is 49.7 Å². The second-order valence-corrected chi connectivity index (χ2v) is 2.27. The molecule has 0 saturated heterocycles. The first-order chi connectivity index (χ1) is 5.69. The van der Waals surface area contributed by atoms with Gasteiger partial charge in [0.25, 0.3) is 0 Å². The number of aliphatic hydroxyl groups is 1. The number of methoxy groups -OCH3 is 1. The lowest BCUT2D eigenvalue weighted by atomic mass is 10.2. The summed E-state index contributed by atoms with van der Waals surface area (Å²) in [5, 5.41) is 17.7. The summed E-state index contributed by atoms with van der Waals surface area (Å²) in [5.74, 6) is -0.745. The van der Waals surface area contributed by atoms with E-state index < -0.39 is 12.4 Å². The lowest BCUT2D eigenvalue weighted by Crippen LogP contribution is -1.95. The minimum atomic E-state index is -0.672. The van der Waals surface area contributed by atoms with Crippen LogP contribution < -0.4 is 4.74 Å². The van der Waals surface area contributed by atoms with E-state index in [0.717, 1.165) is 6.07 Å². The van der Waals surface area contributed by atoms with E-state index in [-0.39, 0.29) is 17.1 Å². The number of benzene rings is 1. The number of rotatable bonds is 2. The van der Waals surface area contributed by atoms with Gasteiger partial charge in [-0.1, -0.05) is 0 Å². The molecule has 4 heteroatoms. The van der Waals surface area contributed by atoms with Gasteiger partial charge in [-0.25, -0.2) is 4.39 Å². The highest BCUT2D eigenvalue weighted by atomic mass is 19.1. The average molecular weight is 172 g/mol. The largest absolute Gasteiger partial charge is 0.508 e. The van der Waals surface area contributed by atoms with E-state index in [1.165, 1.54) is 13.2 Å². The monoisotopic (exact) mass is 172 g/mol. The fraction of sp³-hybridized carbons (Fsp3) is 0.250. The zero-order valence-corrected chi connectivity index (χ0v) is 6.54. The van der Waals surface area contributed by atoms with Gasteiger partial charge in [-0.3, -0.25) is 0 Å². The van der Waals surface area contributed by atoms with Crippen molar-refractivity contribution in [2.24, 2.45) is 0 Å². The lowest BCUT2D eigenvalue weighted by molar-refractivity contribution is 0.266. The van der Waals surface area contributed by atoms with Crippen molar-refractivity contribution in [3.8, 4) is 11.5 Å². The zero-order valence-electron chi connectivity index (χ0n) is 6.54. The molecule has 0 fully saturated rings. The third-order valence-electron chi connectivity index (χ3n) is 1.52. The Balaban J connectivity index is 3.24. The molecular weight excluding hydrogens is 163 g/mol. The summed E-state index contributed by atoms with van der Waals surface area (Å²) in [6.07, 6.45) is 0. The number of aromatic hydroxyl groups is 1. The molecule has 0 radical (unpaired) electrons. The predicted octanol–water partition coefficient (Wildman–Crippen LogP) is 1.03. The summed E-state index contributed by atoms with van der Waals surface area (Å²) in [6.45, 7) is -0.449. The molecule has 0 bridgehead atoms. The van der Waals surface area contributed by atoms with Crippen molar-refractivity contribution in [1.82, 2.24) is 0 Å². The fourth-order valence-electron chi connectivity index (χ4n) is 0.933. The van der Waals surface area contributed by atoms with Gasteiger partial charge < -0.3 is 14.9 Å². The van der Waals surface area contributed by atoms with Crippen LogP contribution in [0, 0.1) is 5.82 Å². The highest BCUT2D eigenvalue weighted by Crippen LogP contribution is 2.26. The van der Waals surface area contributed by atoms with Crippen LogP contribution in [0.2, 0.25) is 0 Å². The fourth-order valence-corrected chi connectivity index (χ4v) is 0.933. The molecule has 1 aromatic rings. The molecule has 0 heterocycles. The third kappa shape index (κ3) is 1.48. The Labute approximate surface area is 69.0 Å². The minimum Gasteiger partial charge on any atom is -0.508 e. The van der Waals surface area contributed by atoms with Gasteiger partial charge >= 0.3 is 0 Å². The van der Waals surface area contributed by atoms with Crippen molar-refractivity contribution in [1.29, 1.82) is 0 Å². The summed E-state index contributed by atoms with van der Waals surface area (Å²) in [7, 11) is 1.34. The molecule has 12 heavy (non-hydrogen) atoms. The molecule has 0 saturated carbocycles. The van der Waals surface area contributed by atoms with E-state index in [9.17, 15) is 4.39 Å². The van der Waals surface area contributed by atoms with Crippen LogP contribution in [0.15, 0.2) is 12.1 Å². The maximum atomic E-state index is 12.9. The van der Waals surface area contributed by atoms with Crippen LogP contribution in [0.3, 0.4) is 0 Å². The van der Waals surface area contributed by atoms with Crippen LogP contribution >= 0.6 is 0 Å². The average Bonchev–Trinajstić information content (AvgIpc) is 2.03. The van der Waals surface area contributed by atoms with Crippen molar-refractivity contribution in [3.05, 3.63) is 23.5 Å². The number of phenols is 1. The van der Waals surface area contributed by atoms with Crippen LogP contribution in [0.25, 0.3) is 0 Å². The first-order valence-corrected chi connectivity index (χ1v) is 3.35.